The van der Waals surface area contributed by atoms with E-state index in [-0.39, 0.29) is 11.7 Å². The Morgan fingerprint density at radius 3 is 2.67 bits per heavy atom. The first-order valence-electron chi connectivity index (χ1n) is 7.70. The number of hydrogen-bond donors (Lipinski definition) is 0. The van der Waals surface area contributed by atoms with E-state index in [1.54, 1.807) is 11.8 Å². The second-order valence-electron chi connectivity index (χ2n) is 6.16. The van der Waals surface area contributed by atoms with Gasteiger partial charge in [0.1, 0.15) is 0 Å². The molecule has 1 aromatic carbocycles. The standard InChI is InChI=1S/C17H20BrNO2/c1-11(20)19-7-3-6-13-9-15(18)14(10-16(13)19)17(21)8-12-4-2-5-12/h9-10,12H,2-8H2,1H3. The fourth-order valence-corrected chi connectivity index (χ4v) is 3.82. The molecule has 3 nitrogen and oxygen atoms in total. The van der Waals surface area contributed by atoms with Crippen LogP contribution in [0, 0.1) is 5.92 Å². The van der Waals surface area contributed by atoms with Crippen molar-refractivity contribution in [2.24, 2.45) is 5.92 Å². The van der Waals surface area contributed by atoms with Gasteiger partial charge in [0.2, 0.25) is 5.91 Å². The lowest BCUT2D eigenvalue weighted by atomic mass is 9.81. The number of halogens is 1. The van der Waals surface area contributed by atoms with E-state index in [2.05, 4.69) is 15.9 Å². The number of carbonyl (C=O) groups excluding carboxylic acids is 2. The van der Waals surface area contributed by atoms with Gasteiger partial charge in [-0.3, -0.25) is 9.59 Å². The zero-order chi connectivity index (χ0) is 15.0. The van der Waals surface area contributed by atoms with Gasteiger partial charge in [0.25, 0.3) is 0 Å². The van der Waals surface area contributed by atoms with Crippen LogP contribution in [-0.2, 0) is 11.2 Å². The van der Waals surface area contributed by atoms with Crippen LogP contribution in [0.25, 0.3) is 0 Å². The van der Waals surface area contributed by atoms with E-state index in [0.29, 0.717) is 12.3 Å². The maximum absolute atomic E-state index is 12.5. The van der Waals surface area contributed by atoms with Gasteiger partial charge in [-0.1, -0.05) is 35.2 Å². The van der Waals surface area contributed by atoms with Crippen molar-refractivity contribution in [3.05, 3.63) is 27.7 Å². The van der Waals surface area contributed by atoms with Gasteiger partial charge in [-0.2, -0.15) is 0 Å². The van der Waals surface area contributed by atoms with E-state index in [1.807, 2.05) is 12.1 Å². The van der Waals surface area contributed by atoms with Crippen LogP contribution in [0.2, 0.25) is 0 Å². The zero-order valence-electron chi connectivity index (χ0n) is 12.3. The quantitative estimate of drug-likeness (QED) is 0.769. The lowest BCUT2D eigenvalue weighted by Crippen LogP contribution is -2.33. The minimum atomic E-state index is 0.0515. The third-order valence-electron chi connectivity index (χ3n) is 4.67. The van der Waals surface area contributed by atoms with E-state index in [4.69, 9.17) is 0 Å². The number of rotatable bonds is 3. The number of fused-ring (bicyclic) bond motifs is 1. The number of anilines is 1. The van der Waals surface area contributed by atoms with Gasteiger partial charge in [0.15, 0.2) is 5.78 Å². The summed E-state index contributed by atoms with van der Waals surface area (Å²) in [7, 11) is 0. The van der Waals surface area contributed by atoms with Crippen LogP contribution in [0.15, 0.2) is 16.6 Å². The van der Waals surface area contributed by atoms with Crippen molar-refractivity contribution in [1.29, 1.82) is 0 Å². The minimum absolute atomic E-state index is 0.0515. The van der Waals surface area contributed by atoms with Crippen LogP contribution < -0.4 is 4.90 Å². The number of amides is 1. The van der Waals surface area contributed by atoms with Gasteiger partial charge < -0.3 is 4.90 Å². The lowest BCUT2D eigenvalue weighted by Gasteiger charge is -2.30. The van der Waals surface area contributed by atoms with Crippen molar-refractivity contribution in [1.82, 2.24) is 0 Å². The summed E-state index contributed by atoms with van der Waals surface area (Å²) in [6.45, 7) is 2.34. The van der Waals surface area contributed by atoms with E-state index >= 15 is 0 Å². The summed E-state index contributed by atoms with van der Waals surface area (Å²) >= 11 is 3.54. The largest absolute Gasteiger partial charge is 0.312 e. The third kappa shape index (κ3) is 2.91. The topological polar surface area (TPSA) is 37.4 Å². The first kappa shape index (κ1) is 14.8. The summed E-state index contributed by atoms with van der Waals surface area (Å²) in [5.41, 5.74) is 2.81. The zero-order valence-corrected chi connectivity index (χ0v) is 13.9. The fourth-order valence-electron chi connectivity index (χ4n) is 3.21. The van der Waals surface area contributed by atoms with E-state index in [1.165, 1.54) is 19.3 Å². The predicted octanol–water partition coefficient (Wildman–Crippen LogP) is 4.12. The molecule has 1 aliphatic carbocycles. The fraction of sp³-hybridized carbons (Fsp3) is 0.529. The van der Waals surface area contributed by atoms with Gasteiger partial charge in [-0.05, 0) is 36.5 Å². The molecule has 1 aliphatic heterocycles. The van der Waals surface area contributed by atoms with Gasteiger partial charge in [-0.25, -0.2) is 0 Å². The van der Waals surface area contributed by atoms with Gasteiger partial charge >= 0.3 is 0 Å². The maximum Gasteiger partial charge on any atom is 0.223 e. The lowest BCUT2D eigenvalue weighted by molar-refractivity contribution is -0.116. The second kappa shape index (κ2) is 5.91. The molecule has 112 valence electrons. The Morgan fingerprint density at radius 1 is 1.29 bits per heavy atom. The number of hydrogen-bond acceptors (Lipinski definition) is 2. The number of ketones is 1. The number of Topliss-reactive ketones (excluding diaryl/α,β-unsaturated/α-hetero) is 1. The van der Waals surface area contributed by atoms with E-state index in [0.717, 1.165) is 40.7 Å². The molecule has 1 heterocycles. The Hall–Kier alpha value is -1.16. The first-order chi connectivity index (χ1) is 10.1. The van der Waals surface area contributed by atoms with Crippen LogP contribution in [0.3, 0.4) is 0 Å². The monoisotopic (exact) mass is 349 g/mol. The maximum atomic E-state index is 12.5. The van der Waals surface area contributed by atoms with Gasteiger partial charge in [0.05, 0.1) is 0 Å². The summed E-state index contributed by atoms with van der Waals surface area (Å²) in [5, 5.41) is 0. The number of carbonyl (C=O) groups is 2. The Balaban J connectivity index is 1.92. The normalized spacial score (nSPS) is 18.1. The Bertz CT molecular complexity index is 593. The first-order valence-corrected chi connectivity index (χ1v) is 8.49. The highest BCUT2D eigenvalue weighted by Gasteiger charge is 2.26. The van der Waals surface area contributed by atoms with Crippen molar-refractivity contribution in [3.63, 3.8) is 0 Å². The number of nitrogens with zero attached hydrogens (tertiary/aromatic N) is 1. The summed E-state index contributed by atoms with van der Waals surface area (Å²) in [4.78, 5) is 26.1. The molecule has 0 unspecified atom stereocenters. The summed E-state index contributed by atoms with van der Waals surface area (Å²) in [6, 6.07) is 3.94. The van der Waals surface area contributed by atoms with Crippen LogP contribution >= 0.6 is 15.9 Å². The molecular weight excluding hydrogens is 330 g/mol. The Morgan fingerprint density at radius 2 is 2.05 bits per heavy atom. The van der Waals surface area contributed by atoms with Crippen molar-refractivity contribution < 1.29 is 9.59 Å². The Kier molecular flexibility index (Phi) is 4.16. The molecule has 0 bridgehead atoms. The highest BCUT2D eigenvalue weighted by atomic mass is 79.9. The summed E-state index contributed by atoms with van der Waals surface area (Å²) in [6.07, 6.45) is 6.18. The minimum Gasteiger partial charge on any atom is -0.312 e. The van der Waals surface area contributed by atoms with Gasteiger partial charge in [-0.15, -0.1) is 0 Å². The van der Waals surface area contributed by atoms with Gasteiger partial charge in [0, 0.05) is 35.6 Å². The van der Waals surface area contributed by atoms with Crippen LogP contribution in [-0.4, -0.2) is 18.2 Å². The predicted molar refractivity (Wildman–Crippen MR) is 86.8 cm³/mol. The summed E-state index contributed by atoms with van der Waals surface area (Å²) < 4.78 is 0.871. The highest BCUT2D eigenvalue weighted by molar-refractivity contribution is 9.10. The molecule has 3 rings (SSSR count). The molecule has 0 atom stereocenters. The molecule has 0 radical (unpaired) electrons. The molecule has 1 saturated carbocycles. The van der Waals surface area contributed by atoms with E-state index < -0.39 is 0 Å². The third-order valence-corrected chi connectivity index (χ3v) is 5.32. The molecule has 0 N–H and O–H groups in total. The van der Waals surface area contributed by atoms with Crippen molar-refractivity contribution >= 4 is 33.3 Å². The molecule has 0 saturated heterocycles. The molecular formula is C17H20BrNO2. The highest BCUT2D eigenvalue weighted by Crippen LogP contribution is 2.35. The van der Waals surface area contributed by atoms with E-state index in [9.17, 15) is 9.59 Å². The van der Waals surface area contributed by atoms with Crippen molar-refractivity contribution in [2.75, 3.05) is 11.4 Å². The molecule has 0 aromatic heterocycles. The smallest absolute Gasteiger partial charge is 0.223 e. The molecule has 1 amide bonds. The second-order valence-corrected chi connectivity index (χ2v) is 7.01. The van der Waals surface area contributed by atoms with Crippen LogP contribution in [0.5, 0.6) is 0 Å². The molecule has 2 aliphatic rings. The number of aryl methyl sites for hydroxylation is 1. The molecule has 1 fully saturated rings. The molecule has 0 spiro atoms. The SMILES string of the molecule is CC(=O)N1CCCc2cc(Br)c(C(=O)CC3CCC3)cc21. The molecule has 21 heavy (non-hydrogen) atoms. The average Bonchev–Trinajstić information content (AvgIpc) is 2.40. The number of benzene rings is 1. The average molecular weight is 350 g/mol. The molecule has 4 heteroatoms. The van der Waals surface area contributed by atoms with Crippen LogP contribution in [0.4, 0.5) is 5.69 Å². The summed E-state index contributed by atoms with van der Waals surface area (Å²) in [5.74, 6) is 0.809. The van der Waals surface area contributed by atoms with Crippen LogP contribution in [0.1, 0.15) is 54.9 Å². The molecule has 1 aromatic rings. The van der Waals surface area contributed by atoms with Crippen molar-refractivity contribution in [2.45, 2.75) is 45.4 Å². The Labute approximate surface area is 133 Å². The van der Waals surface area contributed by atoms with Crippen molar-refractivity contribution in [3.8, 4) is 0 Å².